The van der Waals surface area contributed by atoms with Crippen molar-refractivity contribution in [3.05, 3.63) is 139 Å². The summed E-state index contributed by atoms with van der Waals surface area (Å²) in [5.74, 6) is 1.65. The smallest absolute Gasteiger partial charge is 0.248 e. The highest BCUT2D eigenvalue weighted by molar-refractivity contribution is 6.09. The van der Waals surface area contributed by atoms with Crippen LogP contribution in [0.1, 0.15) is 11.1 Å². The largest absolute Gasteiger partial charge is 0.489 e. The van der Waals surface area contributed by atoms with E-state index in [1.807, 2.05) is 66.7 Å². The predicted molar refractivity (Wildman–Crippen MR) is 160 cm³/mol. The van der Waals surface area contributed by atoms with Crippen LogP contribution in [0.3, 0.4) is 0 Å². The van der Waals surface area contributed by atoms with Crippen LogP contribution in [0, 0.1) is 0 Å². The Labute approximate surface area is 231 Å². The first-order valence-electron chi connectivity index (χ1n) is 13.1. The van der Waals surface area contributed by atoms with Gasteiger partial charge in [-0.15, -0.1) is 10.2 Å². The average molecular weight is 520 g/mol. The Hall–Kier alpha value is -5.42. The summed E-state index contributed by atoms with van der Waals surface area (Å²) >= 11 is 0. The van der Waals surface area contributed by atoms with E-state index < -0.39 is 0 Å². The van der Waals surface area contributed by atoms with Gasteiger partial charge in [-0.3, -0.25) is 0 Å². The first kappa shape index (κ1) is 23.7. The van der Waals surface area contributed by atoms with Gasteiger partial charge in [0.15, 0.2) is 0 Å². The molecule has 40 heavy (non-hydrogen) atoms. The molecule has 7 aromatic rings. The molecule has 192 valence electrons. The molecule has 5 nitrogen and oxygen atoms in total. The summed E-state index contributed by atoms with van der Waals surface area (Å²) < 4.78 is 14.4. The van der Waals surface area contributed by atoms with E-state index in [1.54, 1.807) is 0 Å². The molecular formula is C35H25N3O2. The van der Waals surface area contributed by atoms with E-state index in [0.717, 1.165) is 33.7 Å². The molecule has 0 saturated carbocycles. The lowest BCUT2D eigenvalue weighted by atomic mass is 10.1. The molecule has 0 aliphatic carbocycles. The van der Waals surface area contributed by atoms with Crippen LogP contribution in [-0.2, 0) is 6.61 Å². The van der Waals surface area contributed by atoms with Gasteiger partial charge >= 0.3 is 0 Å². The Balaban J connectivity index is 1.13. The van der Waals surface area contributed by atoms with Gasteiger partial charge in [0.2, 0.25) is 11.8 Å². The van der Waals surface area contributed by atoms with Gasteiger partial charge in [0.1, 0.15) is 12.4 Å². The van der Waals surface area contributed by atoms with Gasteiger partial charge < -0.3 is 13.7 Å². The predicted octanol–water partition coefficient (Wildman–Crippen LogP) is 8.72. The molecule has 0 fully saturated rings. The molecule has 0 amide bonds. The van der Waals surface area contributed by atoms with Crippen LogP contribution in [0.25, 0.3) is 56.5 Å². The minimum absolute atomic E-state index is 0.447. The number of ether oxygens (including phenoxy) is 1. The summed E-state index contributed by atoms with van der Waals surface area (Å²) in [6.07, 6.45) is 1.83. The Morgan fingerprint density at radius 3 is 2.00 bits per heavy atom. The van der Waals surface area contributed by atoms with E-state index >= 15 is 0 Å². The lowest BCUT2D eigenvalue weighted by Gasteiger charge is -2.08. The lowest BCUT2D eigenvalue weighted by Crippen LogP contribution is -1.95. The van der Waals surface area contributed by atoms with Crippen molar-refractivity contribution in [3.8, 4) is 34.3 Å². The summed E-state index contributed by atoms with van der Waals surface area (Å²) in [4.78, 5) is 0. The van der Waals surface area contributed by atoms with Crippen molar-refractivity contribution >= 4 is 27.9 Å². The summed E-state index contributed by atoms with van der Waals surface area (Å²) in [5, 5.41) is 11.1. The quantitative estimate of drug-likeness (QED) is 0.211. The minimum Gasteiger partial charge on any atom is -0.489 e. The van der Waals surface area contributed by atoms with Gasteiger partial charge in [-0.25, -0.2) is 0 Å². The second kappa shape index (κ2) is 10.0. The highest BCUT2D eigenvalue weighted by Gasteiger charge is 2.14. The van der Waals surface area contributed by atoms with Crippen molar-refractivity contribution < 1.29 is 9.15 Å². The van der Waals surface area contributed by atoms with Crippen LogP contribution in [0.4, 0.5) is 0 Å². The number of aromatic nitrogens is 3. The Morgan fingerprint density at radius 2 is 1.32 bits per heavy atom. The molecule has 0 saturated heterocycles. The van der Waals surface area contributed by atoms with Crippen LogP contribution in [0.2, 0.25) is 0 Å². The van der Waals surface area contributed by atoms with Gasteiger partial charge in [-0.2, -0.15) is 0 Å². The molecule has 0 bridgehead atoms. The molecule has 5 heteroatoms. The van der Waals surface area contributed by atoms with Gasteiger partial charge in [-0.05, 0) is 65.7 Å². The molecule has 2 aromatic heterocycles. The SMILES string of the molecule is C=Cc1ccc(COc2cccc(-c3nnc(-c4ccc(-n5c6ccccc6c6ccccc65)cc4)o3)c2)cc1. The van der Waals surface area contributed by atoms with Crippen molar-refractivity contribution in [2.75, 3.05) is 0 Å². The molecule has 0 N–H and O–H groups in total. The fraction of sp³-hybridized carbons (Fsp3) is 0.0286. The minimum atomic E-state index is 0.447. The molecule has 2 heterocycles. The fourth-order valence-electron chi connectivity index (χ4n) is 5.05. The standard InChI is InChI=1S/C35H25N3O2/c1-2-24-14-16-25(17-15-24)23-39-29-9-7-8-27(22-29)35-37-36-34(40-35)26-18-20-28(21-19-26)38-32-12-5-3-10-30(32)31-11-4-6-13-33(31)38/h2-22H,1,23H2. The third-order valence-electron chi connectivity index (χ3n) is 7.08. The number of hydrogen-bond acceptors (Lipinski definition) is 4. The van der Waals surface area contributed by atoms with Crippen molar-refractivity contribution in [2.45, 2.75) is 6.61 Å². The summed E-state index contributed by atoms with van der Waals surface area (Å²) in [5.41, 5.74) is 7.25. The number of rotatable bonds is 7. The van der Waals surface area contributed by atoms with Gasteiger partial charge in [0.05, 0.1) is 11.0 Å². The lowest BCUT2D eigenvalue weighted by molar-refractivity contribution is 0.306. The van der Waals surface area contributed by atoms with Crippen LogP contribution in [0.15, 0.2) is 132 Å². The number of nitrogens with zero attached hydrogens (tertiary/aromatic N) is 3. The normalized spacial score (nSPS) is 11.2. The van der Waals surface area contributed by atoms with Crippen molar-refractivity contribution in [1.29, 1.82) is 0 Å². The Bertz CT molecular complexity index is 1910. The monoisotopic (exact) mass is 519 g/mol. The maximum absolute atomic E-state index is 6.08. The Morgan fingerprint density at radius 1 is 0.675 bits per heavy atom. The number of benzene rings is 5. The maximum Gasteiger partial charge on any atom is 0.248 e. The summed E-state index contributed by atoms with van der Waals surface area (Å²) in [7, 11) is 0. The first-order valence-corrected chi connectivity index (χ1v) is 13.1. The zero-order chi connectivity index (χ0) is 26.9. The topological polar surface area (TPSA) is 53.1 Å². The molecule has 0 aliphatic heterocycles. The number of fused-ring (bicyclic) bond motifs is 3. The van der Waals surface area contributed by atoms with E-state index in [2.05, 4.69) is 82.0 Å². The second-order valence-electron chi connectivity index (χ2n) is 9.59. The zero-order valence-corrected chi connectivity index (χ0v) is 21.7. The van der Waals surface area contributed by atoms with E-state index in [9.17, 15) is 0 Å². The first-order chi connectivity index (χ1) is 19.8. The number of hydrogen-bond donors (Lipinski definition) is 0. The van der Waals surface area contributed by atoms with Crippen LogP contribution < -0.4 is 4.74 Å². The van der Waals surface area contributed by atoms with E-state index in [0.29, 0.717) is 18.4 Å². The van der Waals surface area contributed by atoms with Crippen molar-refractivity contribution in [2.24, 2.45) is 0 Å². The highest BCUT2D eigenvalue weighted by Crippen LogP contribution is 2.33. The average Bonchev–Trinajstić information content (AvgIpc) is 3.64. The third kappa shape index (κ3) is 4.33. The summed E-state index contributed by atoms with van der Waals surface area (Å²) in [6.45, 7) is 4.26. The molecule has 5 aromatic carbocycles. The fourth-order valence-corrected chi connectivity index (χ4v) is 5.05. The number of para-hydroxylation sites is 2. The van der Waals surface area contributed by atoms with Gasteiger partial charge in [0.25, 0.3) is 0 Å². The molecular weight excluding hydrogens is 494 g/mol. The zero-order valence-electron chi connectivity index (χ0n) is 21.7. The molecule has 0 spiro atoms. The third-order valence-corrected chi connectivity index (χ3v) is 7.08. The molecule has 0 unspecified atom stereocenters. The van der Waals surface area contributed by atoms with E-state index in [1.165, 1.54) is 21.8 Å². The van der Waals surface area contributed by atoms with E-state index in [-0.39, 0.29) is 0 Å². The van der Waals surface area contributed by atoms with Gasteiger partial charge in [-0.1, -0.05) is 79.4 Å². The summed E-state index contributed by atoms with van der Waals surface area (Å²) in [6, 6.07) is 41.0. The van der Waals surface area contributed by atoms with Crippen LogP contribution in [0.5, 0.6) is 5.75 Å². The van der Waals surface area contributed by atoms with Gasteiger partial charge in [0, 0.05) is 27.6 Å². The maximum atomic E-state index is 6.08. The molecule has 7 rings (SSSR count). The second-order valence-corrected chi connectivity index (χ2v) is 9.59. The highest BCUT2D eigenvalue weighted by atomic mass is 16.5. The van der Waals surface area contributed by atoms with Crippen molar-refractivity contribution in [1.82, 2.24) is 14.8 Å². The van der Waals surface area contributed by atoms with Crippen LogP contribution >= 0.6 is 0 Å². The molecule has 0 aliphatic rings. The molecule has 0 atom stereocenters. The Kier molecular flexibility index (Phi) is 5.94. The van der Waals surface area contributed by atoms with Crippen LogP contribution in [-0.4, -0.2) is 14.8 Å². The molecule has 0 radical (unpaired) electrons. The van der Waals surface area contributed by atoms with Crippen molar-refractivity contribution in [3.63, 3.8) is 0 Å². The van der Waals surface area contributed by atoms with E-state index in [4.69, 9.17) is 9.15 Å².